The van der Waals surface area contributed by atoms with E-state index in [1.165, 1.54) is 24.3 Å². The number of hydrogen-bond donors (Lipinski definition) is 1. The van der Waals surface area contributed by atoms with E-state index in [-0.39, 0.29) is 0 Å². The van der Waals surface area contributed by atoms with E-state index in [1.54, 1.807) is 0 Å². The molecule has 0 amide bonds. The Balaban J connectivity index is 2.02. The summed E-state index contributed by atoms with van der Waals surface area (Å²) in [5, 5.41) is 9.47. The predicted molar refractivity (Wildman–Crippen MR) is 71.5 cm³/mol. The van der Waals surface area contributed by atoms with Crippen LogP contribution in [0.3, 0.4) is 0 Å². The van der Waals surface area contributed by atoms with Crippen LogP contribution in [-0.2, 0) is 4.79 Å². The van der Waals surface area contributed by atoms with E-state index in [0.717, 1.165) is 32.4 Å². The lowest BCUT2D eigenvalue weighted by Gasteiger charge is -2.44. The first-order valence-corrected chi connectivity index (χ1v) is 7.88. The SMILES string of the molecule is CCC1(C(=O)O)CCCN(C2CCSCC2)C1. The van der Waals surface area contributed by atoms with Gasteiger partial charge in [-0.3, -0.25) is 9.69 Å². The fraction of sp³-hybridized carbons (Fsp3) is 0.923. The van der Waals surface area contributed by atoms with Crippen LogP contribution in [0.2, 0.25) is 0 Å². The molecule has 2 aliphatic rings. The summed E-state index contributed by atoms with van der Waals surface area (Å²) in [6.07, 6.45) is 5.15. The van der Waals surface area contributed by atoms with E-state index in [2.05, 4.69) is 4.90 Å². The van der Waals surface area contributed by atoms with Crippen molar-refractivity contribution in [1.82, 2.24) is 4.90 Å². The Kier molecular flexibility index (Phi) is 4.36. The molecule has 2 saturated heterocycles. The number of carbonyl (C=O) groups is 1. The summed E-state index contributed by atoms with van der Waals surface area (Å²) >= 11 is 2.03. The van der Waals surface area contributed by atoms with Gasteiger partial charge in [0.1, 0.15) is 0 Å². The first-order valence-electron chi connectivity index (χ1n) is 6.73. The Labute approximate surface area is 108 Å². The molecule has 0 saturated carbocycles. The largest absolute Gasteiger partial charge is 0.481 e. The lowest BCUT2D eigenvalue weighted by atomic mass is 9.77. The Hall–Kier alpha value is -0.220. The molecule has 0 aromatic carbocycles. The number of hydrogen-bond acceptors (Lipinski definition) is 3. The van der Waals surface area contributed by atoms with Gasteiger partial charge in [0, 0.05) is 12.6 Å². The summed E-state index contributed by atoms with van der Waals surface area (Å²) in [6.45, 7) is 3.90. The number of piperidine rings is 1. The highest BCUT2D eigenvalue weighted by molar-refractivity contribution is 7.99. The number of thioether (sulfide) groups is 1. The third kappa shape index (κ3) is 2.79. The van der Waals surface area contributed by atoms with Gasteiger partial charge in [-0.05, 0) is 50.2 Å². The van der Waals surface area contributed by atoms with Crippen molar-refractivity contribution in [2.45, 2.75) is 45.1 Å². The van der Waals surface area contributed by atoms with Crippen molar-refractivity contribution in [3.8, 4) is 0 Å². The number of rotatable bonds is 3. The number of likely N-dealkylation sites (tertiary alicyclic amines) is 1. The Morgan fingerprint density at radius 1 is 1.47 bits per heavy atom. The number of nitrogens with zero attached hydrogens (tertiary/aromatic N) is 1. The molecule has 98 valence electrons. The van der Waals surface area contributed by atoms with E-state index in [4.69, 9.17) is 0 Å². The first kappa shape index (κ1) is 13.2. The van der Waals surface area contributed by atoms with E-state index < -0.39 is 11.4 Å². The van der Waals surface area contributed by atoms with E-state index in [9.17, 15) is 9.90 Å². The van der Waals surface area contributed by atoms with Gasteiger partial charge < -0.3 is 5.11 Å². The summed E-state index contributed by atoms with van der Waals surface area (Å²) in [4.78, 5) is 14.0. The fourth-order valence-electron chi connectivity index (χ4n) is 3.14. The maximum absolute atomic E-state index is 11.5. The summed E-state index contributed by atoms with van der Waals surface area (Å²) in [7, 11) is 0. The molecule has 0 aromatic rings. The number of aliphatic carboxylic acids is 1. The minimum Gasteiger partial charge on any atom is -0.481 e. The molecule has 1 unspecified atom stereocenters. The number of carboxylic acid groups (broad SMARTS) is 1. The second-order valence-corrected chi connectivity index (χ2v) is 6.58. The lowest BCUT2D eigenvalue weighted by molar-refractivity contribution is -0.153. The van der Waals surface area contributed by atoms with Crippen molar-refractivity contribution >= 4 is 17.7 Å². The van der Waals surface area contributed by atoms with Crippen LogP contribution in [0.15, 0.2) is 0 Å². The molecule has 2 fully saturated rings. The summed E-state index contributed by atoms with van der Waals surface area (Å²) in [5.41, 5.74) is -0.469. The van der Waals surface area contributed by atoms with Gasteiger partial charge >= 0.3 is 5.97 Å². The topological polar surface area (TPSA) is 40.5 Å². The lowest BCUT2D eigenvalue weighted by Crippen LogP contribution is -2.51. The van der Waals surface area contributed by atoms with Crippen LogP contribution < -0.4 is 0 Å². The zero-order valence-corrected chi connectivity index (χ0v) is 11.5. The standard InChI is InChI=1S/C13H23NO2S/c1-2-13(12(15)16)6-3-7-14(10-13)11-4-8-17-9-5-11/h11H,2-10H2,1H3,(H,15,16). The van der Waals surface area contributed by atoms with E-state index in [0.29, 0.717) is 6.04 Å². The van der Waals surface area contributed by atoms with Crippen LogP contribution >= 0.6 is 11.8 Å². The van der Waals surface area contributed by atoms with Gasteiger partial charge in [0.25, 0.3) is 0 Å². The molecular weight excluding hydrogens is 234 g/mol. The van der Waals surface area contributed by atoms with Crippen LogP contribution in [0, 0.1) is 5.41 Å². The molecule has 1 N–H and O–H groups in total. The zero-order valence-electron chi connectivity index (χ0n) is 10.7. The number of carboxylic acids is 1. The third-order valence-electron chi connectivity index (χ3n) is 4.44. The molecule has 0 spiro atoms. The Morgan fingerprint density at radius 2 is 2.18 bits per heavy atom. The highest BCUT2D eigenvalue weighted by Gasteiger charge is 2.42. The molecule has 3 nitrogen and oxygen atoms in total. The van der Waals surface area contributed by atoms with Crippen LogP contribution in [0.1, 0.15) is 39.0 Å². The molecule has 2 heterocycles. The maximum Gasteiger partial charge on any atom is 0.310 e. The highest BCUT2D eigenvalue weighted by Crippen LogP contribution is 2.36. The van der Waals surface area contributed by atoms with Crippen LogP contribution in [0.5, 0.6) is 0 Å². The molecule has 4 heteroatoms. The smallest absolute Gasteiger partial charge is 0.310 e. The zero-order chi connectivity index (χ0) is 12.3. The molecule has 0 radical (unpaired) electrons. The van der Waals surface area contributed by atoms with Crippen molar-refractivity contribution in [2.24, 2.45) is 5.41 Å². The molecule has 2 rings (SSSR count). The van der Waals surface area contributed by atoms with Gasteiger partial charge in [-0.15, -0.1) is 0 Å². The maximum atomic E-state index is 11.5. The minimum absolute atomic E-state index is 0.469. The molecule has 0 bridgehead atoms. The van der Waals surface area contributed by atoms with Crippen molar-refractivity contribution in [3.05, 3.63) is 0 Å². The highest BCUT2D eigenvalue weighted by atomic mass is 32.2. The van der Waals surface area contributed by atoms with Crippen molar-refractivity contribution in [2.75, 3.05) is 24.6 Å². The van der Waals surface area contributed by atoms with Crippen LogP contribution in [0.25, 0.3) is 0 Å². The van der Waals surface area contributed by atoms with Gasteiger partial charge in [-0.2, -0.15) is 11.8 Å². The molecule has 2 aliphatic heterocycles. The monoisotopic (exact) mass is 257 g/mol. The normalized spacial score (nSPS) is 32.5. The Morgan fingerprint density at radius 3 is 2.76 bits per heavy atom. The average molecular weight is 257 g/mol. The molecular formula is C13H23NO2S. The van der Waals surface area contributed by atoms with Crippen molar-refractivity contribution in [1.29, 1.82) is 0 Å². The van der Waals surface area contributed by atoms with Gasteiger partial charge in [-0.25, -0.2) is 0 Å². The molecule has 0 aliphatic carbocycles. The average Bonchev–Trinajstić information content (AvgIpc) is 2.39. The van der Waals surface area contributed by atoms with Gasteiger partial charge in [-0.1, -0.05) is 6.92 Å². The van der Waals surface area contributed by atoms with Gasteiger partial charge in [0.05, 0.1) is 5.41 Å². The van der Waals surface area contributed by atoms with E-state index in [1.807, 2.05) is 18.7 Å². The molecule has 1 atom stereocenters. The first-order chi connectivity index (χ1) is 8.18. The van der Waals surface area contributed by atoms with Gasteiger partial charge in [0.2, 0.25) is 0 Å². The van der Waals surface area contributed by atoms with Gasteiger partial charge in [0.15, 0.2) is 0 Å². The Bertz CT molecular complexity index is 279. The molecule has 0 aromatic heterocycles. The summed E-state index contributed by atoms with van der Waals surface area (Å²) < 4.78 is 0. The van der Waals surface area contributed by atoms with Crippen LogP contribution in [-0.4, -0.2) is 46.6 Å². The predicted octanol–water partition coefficient (Wildman–Crippen LogP) is 2.46. The second kappa shape index (κ2) is 5.61. The summed E-state index contributed by atoms with van der Waals surface area (Å²) in [5.74, 6) is 1.90. The fourth-order valence-corrected chi connectivity index (χ4v) is 4.23. The van der Waals surface area contributed by atoms with E-state index >= 15 is 0 Å². The van der Waals surface area contributed by atoms with Crippen molar-refractivity contribution in [3.63, 3.8) is 0 Å². The molecule has 17 heavy (non-hydrogen) atoms. The quantitative estimate of drug-likeness (QED) is 0.843. The third-order valence-corrected chi connectivity index (χ3v) is 5.49. The minimum atomic E-state index is -0.588. The summed E-state index contributed by atoms with van der Waals surface area (Å²) in [6, 6.07) is 0.641. The van der Waals surface area contributed by atoms with Crippen molar-refractivity contribution < 1.29 is 9.90 Å². The van der Waals surface area contributed by atoms with Crippen LogP contribution in [0.4, 0.5) is 0 Å². The second-order valence-electron chi connectivity index (χ2n) is 5.36.